The van der Waals surface area contributed by atoms with Crippen LogP contribution in [0.15, 0.2) is 18.2 Å². The number of hydrogen-bond donors (Lipinski definition) is 1. The number of aryl methyl sites for hydroxylation is 1. The zero-order chi connectivity index (χ0) is 12.7. The van der Waals surface area contributed by atoms with Crippen molar-refractivity contribution in [1.29, 1.82) is 0 Å². The van der Waals surface area contributed by atoms with Gasteiger partial charge in [-0.15, -0.1) is 0 Å². The number of methoxy groups -OCH3 is 1. The summed E-state index contributed by atoms with van der Waals surface area (Å²) >= 11 is 0. The Hall–Kier alpha value is -2.04. The molecule has 5 nitrogen and oxygen atoms in total. The summed E-state index contributed by atoms with van der Waals surface area (Å²) in [6.07, 6.45) is 2.43. The van der Waals surface area contributed by atoms with E-state index in [1.54, 1.807) is 13.2 Å². The van der Waals surface area contributed by atoms with Crippen molar-refractivity contribution in [3.05, 3.63) is 24.0 Å². The van der Waals surface area contributed by atoms with Gasteiger partial charge < -0.3 is 10.5 Å². The van der Waals surface area contributed by atoms with Crippen molar-refractivity contribution in [2.24, 2.45) is 7.05 Å². The lowest BCUT2D eigenvalue weighted by Crippen LogP contribution is -1.96. The van der Waals surface area contributed by atoms with Gasteiger partial charge in [-0.3, -0.25) is 4.68 Å². The molecule has 0 atom stereocenters. The van der Waals surface area contributed by atoms with Gasteiger partial charge in [0.1, 0.15) is 11.6 Å². The van der Waals surface area contributed by atoms with E-state index in [1.807, 2.05) is 23.9 Å². The van der Waals surface area contributed by atoms with Crippen molar-refractivity contribution >= 4 is 5.69 Å². The topological polar surface area (TPSA) is 66.0 Å². The molecule has 1 aliphatic rings. The number of nitrogens with two attached hydrogens (primary N) is 1. The van der Waals surface area contributed by atoms with Crippen molar-refractivity contribution in [2.45, 2.75) is 18.8 Å². The molecule has 2 N–H and O–H groups in total. The number of rotatable bonds is 3. The van der Waals surface area contributed by atoms with Gasteiger partial charge in [0.05, 0.1) is 12.7 Å². The van der Waals surface area contributed by atoms with Gasteiger partial charge in [-0.2, -0.15) is 5.10 Å². The van der Waals surface area contributed by atoms with Gasteiger partial charge in [-0.05, 0) is 25.0 Å². The summed E-state index contributed by atoms with van der Waals surface area (Å²) in [6.45, 7) is 0. The third-order valence-corrected chi connectivity index (χ3v) is 3.21. The van der Waals surface area contributed by atoms with E-state index in [9.17, 15) is 0 Å². The smallest absolute Gasteiger partial charge is 0.185 e. The zero-order valence-corrected chi connectivity index (χ0v) is 10.6. The minimum Gasteiger partial charge on any atom is -0.496 e. The van der Waals surface area contributed by atoms with Gasteiger partial charge in [-0.25, -0.2) is 4.98 Å². The lowest BCUT2D eigenvalue weighted by molar-refractivity contribution is 0.416. The molecule has 1 fully saturated rings. The summed E-state index contributed by atoms with van der Waals surface area (Å²) in [5.41, 5.74) is 7.31. The molecule has 0 radical (unpaired) electrons. The lowest BCUT2D eigenvalue weighted by atomic mass is 10.1. The highest BCUT2D eigenvalue weighted by atomic mass is 16.5. The average Bonchev–Trinajstić information content (AvgIpc) is 3.13. The molecule has 1 saturated carbocycles. The van der Waals surface area contributed by atoms with E-state index >= 15 is 0 Å². The molecule has 0 aliphatic heterocycles. The molecule has 1 aromatic carbocycles. The third-order valence-electron chi connectivity index (χ3n) is 3.21. The van der Waals surface area contributed by atoms with Crippen LogP contribution in [-0.2, 0) is 7.05 Å². The van der Waals surface area contributed by atoms with Gasteiger partial charge in [-0.1, -0.05) is 0 Å². The first-order valence-corrected chi connectivity index (χ1v) is 6.04. The van der Waals surface area contributed by atoms with Crippen LogP contribution in [0.25, 0.3) is 11.4 Å². The van der Waals surface area contributed by atoms with Gasteiger partial charge in [0.25, 0.3) is 0 Å². The van der Waals surface area contributed by atoms with Crippen LogP contribution in [0.3, 0.4) is 0 Å². The molecule has 0 saturated heterocycles. The summed E-state index contributed by atoms with van der Waals surface area (Å²) in [4.78, 5) is 4.61. The molecule has 1 aliphatic carbocycles. The van der Waals surface area contributed by atoms with Crippen molar-refractivity contribution in [2.75, 3.05) is 12.8 Å². The van der Waals surface area contributed by atoms with Crippen LogP contribution in [0.1, 0.15) is 24.6 Å². The van der Waals surface area contributed by atoms with Crippen molar-refractivity contribution < 1.29 is 4.74 Å². The quantitative estimate of drug-likeness (QED) is 0.838. The summed E-state index contributed by atoms with van der Waals surface area (Å²) < 4.78 is 7.20. The Kier molecular flexibility index (Phi) is 2.47. The molecule has 1 aromatic heterocycles. The predicted molar refractivity (Wildman–Crippen MR) is 69.4 cm³/mol. The highest BCUT2D eigenvalue weighted by Crippen LogP contribution is 2.40. The van der Waals surface area contributed by atoms with Crippen LogP contribution >= 0.6 is 0 Å². The largest absolute Gasteiger partial charge is 0.496 e. The molecule has 2 aromatic rings. The fourth-order valence-electron chi connectivity index (χ4n) is 2.10. The molecule has 94 valence electrons. The summed E-state index contributed by atoms with van der Waals surface area (Å²) in [5.74, 6) is 3.05. The molecular weight excluding hydrogens is 228 g/mol. The molecule has 0 bridgehead atoms. The van der Waals surface area contributed by atoms with Crippen LogP contribution in [0, 0.1) is 0 Å². The highest BCUT2D eigenvalue weighted by molar-refractivity contribution is 5.67. The number of nitrogens with zero attached hydrogens (tertiary/aromatic N) is 3. The maximum atomic E-state index is 5.75. The van der Waals surface area contributed by atoms with Crippen molar-refractivity contribution in [1.82, 2.24) is 14.8 Å². The van der Waals surface area contributed by atoms with E-state index in [4.69, 9.17) is 10.5 Å². The van der Waals surface area contributed by atoms with Crippen LogP contribution < -0.4 is 10.5 Å². The second-order valence-electron chi connectivity index (χ2n) is 4.65. The van der Waals surface area contributed by atoms with E-state index in [2.05, 4.69) is 10.1 Å². The van der Waals surface area contributed by atoms with Gasteiger partial charge in [0, 0.05) is 24.7 Å². The summed E-state index contributed by atoms with van der Waals surface area (Å²) in [7, 11) is 3.57. The van der Waals surface area contributed by atoms with E-state index in [0.717, 1.165) is 11.4 Å². The average molecular weight is 244 g/mol. The Morgan fingerprint density at radius 2 is 2.17 bits per heavy atom. The van der Waals surface area contributed by atoms with Gasteiger partial charge in [0.15, 0.2) is 5.82 Å². The second kappa shape index (κ2) is 4.01. The Balaban J connectivity index is 2.06. The predicted octanol–water partition coefficient (Wildman–Crippen LogP) is 1.95. The van der Waals surface area contributed by atoms with Gasteiger partial charge in [0.2, 0.25) is 0 Å². The number of hydrogen-bond acceptors (Lipinski definition) is 4. The first kappa shape index (κ1) is 11.1. The molecule has 1 heterocycles. The number of ether oxygens (including phenoxy) is 1. The Morgan fingerprint density at radius 3 is 2.83 bits per heavy atom. The Morgan fingerprint density at radius 1 is 1.39 bits per heavy atom. The van der Waals surface area contributed by atoms with E-state index in [1.165, 1.54) is 12.8 Å². The minimum absolute atomic E-state index is 0.580. The fourth-order valence-corrected chi connectivity index (χ4v) is 2.10. The molecule has 3 rings (SSSR count). The normalized spacial score (nSPS) is 14.8. The molecule has 0 unspecified atom stereocenters. The zero-order valence-electron chi connectivity index (χ0n) is 10.6. The fraction of sp³-hybridized carbons (Fsp3) is 0.385. The highest BCUT2D eigenvalue weighted by Gasteiger charge is 2.29. The monoisotopic (exact) mass is 244 g/mol. The van der Waals surface area contributed by atoms with Crippen LogP contribution in [0.2, 0.25) is 0 Å². The molecule has 0 amide bonds. The van der Waals surface area contributed by atoms with Crippen LogP contribution in [0.5, 0.6) is 5.75 Å². The van der Waals surface area contributed by atoms with E-state index < -0.39 is 0 Å². The standard InChI is InChI=1S/C13H16N4O/c1-17-13(8-3-4-8)15-12(16-17)10-6-5-9(14)7-11(10)18-2/h5-8H,3-4,14H2,1-2H3. The molecular formula is C13H16N4O. The number of anilines is 1. The maximum absolute atomic E-state index is 5.75. The SMILES string of the molecule is COc1cc(N)ccc1-c1nc(C2CC2)n(C)n1. The third kappa shape index (κ3) is 1.81. The number of aromatic nitrogens is 3. The molecule has 0 spiro atoms. The summed E-state index contributed by atoms with van der Waals surface area (Å²) in [5, 5.41) is 4.47. The first-order valence-electron chi connectivity index (χ1n) is 6.04. The van der Waals surface area contributed by atoms with Crippen LogP contribution in [0.4, 0.5) is 5.69 Å². The van der Waals surface area contributed by atoms with E-state index in [-0.39, 0.29) is 0 Å². The maximum Gasteiger partial charge on any atom is 0.185 e. The van der Waals surface area contributed by atoms with Crippen molar-refractivity contribution in [3.8, 4) is 17.1 Å². The van der Waals surface area contributed by atoms with Crippen molar-refractivity contribution in [3.63, 3.8) is 0 Å². The van der Waals surface area contributed by atoms with E-state index in [0.29, 0.717) is 23.2 Å². The second-order valence-corrected chi connectivity index (χ2v) is 4.65. The first-order chi connectivity index (χ1) is 8.69. The summed E-state index contributed by atoms with van der Waals surface area (Å²) in [6, 6.07) is 5.54. The lowest BCUT2D eigenvalue weighted by Gasteiger charge is -2.05. The van der Waals surface area contributed by atoms with Gasteiger partial charge >= 0.3 is 0 Å². The molecule has 18 heavy (non-hydrogen) atoms. The van der Waals surface area contributed by atoms with Crippen LogP contribution in [-0.4, -0.2) is 21.9 Å². The number of benzene rings is 1. The molecule has 5 heteroatoms. The Bertz CT molecular complexity index is 587. The number of nitrogen functional groups attached to an aromatic ring is 1. The minimum atomic E-state index is 0.580. The Labute approximate surface area is 106 Å².